The van der Waals surface area contributed by atoms with Gasteiger partial charge in [0.1, 0.15) is 0 Å². The van der Waals surface area contributed by atoms with Crippen LogP contribution in [-0.2, 0) is 16.1 Å². The summed E-state index contributed by atoms with van der Waals surface area (Å²) in [7, 11) is 5.05. The maximum Gasteiger partial charge on any atom is 0.253 e. The summed E-state index contributed by atoms with van der Waals surface area (Å²) in [5.74, 6) is -0.104. The van der Waals surface area contributed by atoms with E-state index in [0.29, 0.717) is 25.3 Å². The minimum absolute atomic E-state index is 0.0343. The molecule has 0 bridgehead atoms. The average molecular weight is 293 g/mol. The maximum atomic E-state index is 11.7. The molecule has 0 radical (unpaired) electrons. The van der Waals surface area contributed by atoms with Crippen molar-refractivity contribution in [3.63, 3.8) is 0 Å². The number of nitrogens with zero attached hydrogens (tertiary/aromatic N) is 1. The van der Waals surface area contributed by atoms with E-state index < -0.39 is 0 Å². The molecule has 0 spiro atoms. The third-order valence-corrected chi connectivity index (χ3v) is 2.87. The quantitative estimate of drug-likeness (QED) is 0.674. The van der Waals surface area contributed by atoms with Crippen LogP contribution in [-0.4, -0.2) is 57.6 Å². The molecule has 0 saturated heterocycles. The normalized spacial score (nSPS) is 10.2. The number of amides is 2. The molecule has 0 fully saturated rings. The lowest BCUT2D eigenvalue weighted by Crippen LogP contribution is -2.34. The van der Waals surface area contributed by atoms with E-state index in [1.54, 1.807) is 33.3 Å². The van der Waals surface area contributed by atoms with Crippen LogP contribution in [0.3, 0.4) is 0 Å². The summed E-state index contributed by atoms with van der Waals surface area (Å²) in [6.07, 6.45) is 0. The molecule has 1 rings (SSSR count). The topological polar surface area (TPSA) is 70.7 Å². The predicted octanol–water partition coefficient (Wildman–Crippen LogP) is 0.241. The minimum atomic E-state index is -0.0699. The number of hydrogen-bond donors (Lipinski definition) is 2. The van der Waals surface area contributed by atoms with Gasteiger partial charge in [-0.2, -0.15) is 0 Å². The Morgan fingerprint density at radius 1 is 1.19 bits per heavy atom. The Kier molecular flexibility index (Phi) is 7.42. The third-order valence-electron chi connectivity index (χ3n) is 2.87. The summed E-state index contributed by atoms with van der Waals surface area (Å²) in [5.41, 5.74) is 1.59. The molecule has 0 aromatic heterocycles. The molecule has 0 saturated carbocycles. The number of hydrogen-bond acceptors (Lipinski definition) is 4. The molecule has 6 nitrogen and oxygen atoms in total. The number of methoxy groups -OCH3 is 1. The van der Waals surface area contributed by atoms with Crippen LogP contribution in [0.4, 0.5) is 0 Å². The molecule has 0 aliphatic carbocycles. The van der Waals surface area contributed by atoms with Crippen molar-refractivity contribution in [3.05, 3.63) is 35.4 Å². The number of carbonyl (C=O) groups excluding carboxylic acids is 2. The summed E-state index contributed by atoms with van der Waals surface area (Å²) in [6.45, 7) is 1.93. The average Bonchev–Trinajstić information content (AvgIpc) is 2.49. The standard InChI is InChI=1S/C15H23N3O3/c1-18(2)15(20)13-6-4-12(5-7-13)10-17-14(19)11-16-8-9-21-3/h4-7,16H,8-11H2,1-3H3,(H,17,19). The molecule has 1 aromatic rings. The van der Waals surface area contributed by atoms with Gasteiger partial charge in [0, 0.05) is 39.9 Å². The summed E-state index contributed by atoms with van der Waals surface area (Å²) in [4.78, 5) is 24.8. The van der Waals surface area contributed by atoms with Crippen molar-refractivity contribution in [3.8, 4) is 0 Å². The smallest absolute Gasteiger partial charge is 0.253 e. The van der Waals surface area contributed by atoms with Gasteiger partial charge in [-0.15, -0.1) is 0 Å². The second-order valence-electron chi connectivity index (χ2n) is 4.84. The Bertz CT molecular complexity index is 458. The fraction of sp³-hybridized carbons (Fsp3) is 0.467. The van der Waals surface area contributed by atoms with E-state index in [0.717, 1.165) is 5.56 Å². The minimum Gasteiger partial charge on any atom is -0.383 e. The lowest BCUT2D eigenvalue weighted by Gasteiger charge is -2.11. The van der Waals surface area contributed by atoms with E-state index >= 15 is 0 Å². The van der Waals surface area contributed by atoms with Crippen LogP contribution >= 0.6 is 0 Å². The van der Waals surface area contributed by atoms with Gasteiger partial charge in [-0.25, -0.2) is 0 Å². The SMILES string of the molecule is COCCNCC(=O)NCc1ccc(C(=O)N(C)C)cc1. The van der Waals surface area contributed by atoms with Gasteiger partial charge < -0.3 is 20.3 Å². The zero-order valence-corrected chi connectivity index (χ0v) is 12.8. The number of benzene rings is 1. The van der Waals surface area contributed by atoms with Crippen LogP contribution in [0.5, 0.6) is 0 Å². The van der Waals surface area contributed by atoms with Gasteiger partial charge in [-0.05, 0) is 17.7 Å². The van der Waals surface area contributed by atoms with Crippen molar-refractivity contribution in [1.29, 1.82) is 0 Å². The Morgan fingerprint density at radius 2 is 1.86 bits per heavy atom. The van der Waals surface area contributed by atoms with Gasteiger partial charge in [0.05, 0.1) is 13.2 Å². The van der Waals surface area contributed by atoms with E-state index in [1.807, 2.05) is 12.1 Å². The molecule has 0 aliphatic heterocycles. The molecule has 0 unspecified atom stereocenters. The Balaban J connectivity index is 2.35. The van der Waals surface area contributed by atoms with Crippen LogP contribution in [0, 0.1) is 0 Å². The largest absolute Gasteiger partial charge is 0.383 e. The van der Waals surface area contributed by atoms with Crippen molar-refractivity contribution in [2.75, 3.05) is 40.9 Å². The van der Waals surface area contributed by atoms with Gasteiger partial charge in [-0.1, -0.05) is 12.1 Å². The Labute approximate surface area is 125 Å². The molecule has 2 N–H and O–H groups in total. The molecule has 0 heterocycles. The summed E-state index contributed by atoms with van der Waals surface area (Å²) in [6, 6.07) is 7.21. The highest BCUT2D eigenvalue weighted by Gasteiger charge is 2.07. The Hall–Kier alpha value is -1.92. The van der Waals surface area contributed by atoms with Crippen LogP contribution in [0.2, 0.25) is 0 Å². The first-order valence-corrected chi connectivity index (χ1v) is 6.81. The van der Waals surface area contributed by atoms with Gasteiger partial charge in [0.15, 0.2) is 0 Å². The van der Waals surface area contributed by atoms with E-state index in [9.17, 15) is 9.59 Å². The molecule has 0 atom stereocenters. The second kappa shape index (κ2) is 9.10. The number of ether oxygens (including phenoxy) is 1. The molecule has 0 aliphatic rings. The first kappa shape index (κ1) is 17.1. The van der Waals surface area contributed by atoms with E-state index in [4.69, 9.17) is 4.74 Å². The van der Waals surface area contributed by atoms with Crippen molar-refractivity contribution < 1.29 is 14.3 Å². The van der Waals surface area contributed by atoms with E-state index in [1.165, 1.54) is 4.90 Å². The first-order valence-electron chi connectivity index (χ1n) is 6.81. The van der Waals surface area contributed by atoms with Crippen molar-refractivity contribution in [2.45, 2.75) is 6.54 Å². The first-order chi connectivity index (χ1) is 10.0. The number of carbonyl (C=O) groups is 2. The molecule has 6 heteroatoms. The van der Waals surface area contributed by atoms with Gasteiger partial charge in [0.25, 0.3) is 5.91 Å². The highest BCUT2D eigenvalue weighted by atomic mass is 16.5. The van der Waals surface area contributed by atoms with Crippen LogP contribution in [0.15, 0.2) is 24.3 Å². The lowest BCUT2D eigenvalue weighted by molar-refractivity contribution is -0.120. The molecular formula is C15H23N3O3. The Morgan fingerprint density at radius 3 is 2.43 bits per heavy atom. The van der Waals surface area contributed by atoms with E-state index in [2.05, 4.69) is 10.6 Å². The van der Waals surface area contributed by atoms with Crippen LogP contribution in [0.1, 0.15) is 15.9 Å². The number of nitrogens with one attached hydrogen (secondary N) is 2. The molecule has 2 amide bonds. The molecular weight excluding hydrogens is 270 g/mol. The molecule has 21 heavy (non-hydrogen) atoms. The monoisotopic (exact) mass is 293 g/mol. The molecule has 1 aromatic carbocycles. The van der Waals surface area contributed by atoms with Crippen LogP contribution < -0.4 is 10.6 Å². The summed E-state index contributed by atoms with van der Waals surface area (Å²) < 4.78 is 4.88. The van der Waals surface area contributed by atoms with Gasteiger partial charge in [0.2, 0.25) is 5.91 Å². The number of rotatable bonds is 8. The fourth-order valence-corrected chi connectivity index (χ4v) is 1.66. The van der Waals surface area contributed by atoms with Gasteiger partial charge >= 0.3 is 0 Å². The second-order valence-corrected chi connectivity index (χ2v) is 4.84. The summed E-state index contributed by atoms with van der Waals surface area (Å²) in [5, 5.41) is 5.78. The van der Waals surface area contributed by atoms with Crippen molar-refractivity contribution in [1.82, 2.24) is 15.5 Å². The fourth-order valence-electron chi connectivity index (χ4n) is 1.66. The maximum absolute atomic E-state index is 11.7. The van der Waals surface area contributed by atoms with Crippen molar-refractivity contribution in [2.24, 2.45) is 0 Å². The lowest BCUT2D eigenvalue weighted by atomic mass is 10.1. The van der Waals surface area contributed by atoms with E-state index in [-0.39, 0.29) is 18.4 Å². The van der Waals surface area contributed by atoms with Gasteiger partial charge in [-0.3, -0.25) is 9.59 Å². The molecule has 116 valence electrons. The summed E-state index contributed by atoms with van der Waals surface area (Å²) >= 11 is 0. The zero-order valence-electron chi connectivity index (χ0n) is 12.8. The van der Waals surface area contributed by atoms with Crippen molar-refractivity contribution >= 4 is 11.8 Å². The zero-order chi connectivity index (χ0) is 15.7. The third kappa shape index (κ3) is 6.37. The highest BCUT2D eigenvalue weighted by Crippen LogP contribution is 2.06. The highest BCUT2D eigenvalue weighted by molar-refractivity contribution is 5.93. The predicted molar refractivity (Wildman–Crippen MR) is 81.1 cm³/mol. The van der Waals surface area contributed by atoms with Crippen LogP contribution in [0.25, 0.3) is 0 Å².